The Balaban J connectivity index is 1.51. The van der Waals surface area contributed by atoms with Crippen LogP contribution in [0.25, 0.3) is 0 Å². The number of nitro benzene ring substituents is 2. The number of benzene rings is 4. The first-order valence-corrected chi connectivity index (χ1v) is 16.0. The molecule has 0 bridgehead atoms. The van der Waals surface area contributed by atoms with Crippen molar-refractivity contribution in [1.29, 1.82) is 0 Å². The van der Waals surface area contributed by atoms with Gasteiger partial charge in [-0.3, -0.25) is 24.4 Å². The molecule has 1 aliphatic rings. The second-order valence-electron chi connectivity index (χ2n) is 11.2. The first-order valence-electron chi connectivity index (χ1n) is 14.7. The van der Waals surface area contributed by atoms with Crippen LogP contribution in [0.3, 0.4) is 0 Å². The molecule has 11 nitrogen and oxygen atoms in total. The van der Waals surface area contributed by atoms with Crippen LogP contribution in [-0.4, -0.2) is 59.2 Å². The Kier molecular flexibility index (Phi) is 11.0. The first kappa shape index (κ1) is 33.0. The first-order chi connectivity index (χ1) is 22.2. The van der Waals surface area contributed by atoms with E-state index < -0.39 is 55.6 Å². The second-order valence-corrected chi connectivity index (χ2v) is 13.0. The van der Waals surface area contributed by atoms with Gasteiger partial charge in [0, 0.05) is 35.1 Å². The fraction of sp³-hybridized carbons (Fsp3) is 0.294. The van der Waals surface area contributed by atoms with Crippen LogP contribution in [0.2, 0.25) is 0 Å². The van der Waals surface area contributed by atoms with Crippen molar-refractivity contribution >= 4 is 22.2 Å². The standard InChI is InChI=1S/C34H34N2O9S/c37-31-32(38)34(45-22-26-14-8-16-28(18-26)36(41)42)30(20-24-11-5-2-6-12-24)46(43)29(19-23-9-3-1-4-10-23)33(31)44-21-25-13-7-15-27(17-25)35(39)40/h1-18,29-34,37-38H,19-22H2/t29-,30-,31-,32-,33+,34+/m1/s1. The van der Waals surface area contributed by atoms with Gasteiger partial charge in [0.15, 0.2) is 0 Å². The van der Waals surface area contributed by atoms with E-state index in [-0.39, 0.29) is 37.4 Å². The highest BCUT2D eigenvalue weighted by atomic mass is 32.2. The van der Waals surface area contributed by atoms with Gasteiger partial charge in [-0.2, -0.15) is 0 Å². The third-order valence-electron chi connectivity index (χ3n) is 8.04. The lowest BCUT2D eigenvalue weighted by Gasteiger charge is -2.31. The monoisotopic (exact) mass is 646 g/mol. The summed E-state index contributed by atoms with van der Waals surface area (Å²) in [4.78, 5) is 21.6. The molecule has 2 N–H and O–H groups in total. The Morgan fingerprint density at radius 2 is 0.957 bits per heavy atom. The normalized spacial score (nSPS) is 24.6. The van der Waals surface area contributed by atoms with Gasteiger partial charge in [-0.25, -0.2) is 0 Å². The van der Waals surface area contributed by atoms with E-state index in [1.54, 1.807) is 12.1 Å². The molecule has 4 aromatic rings. The average Bonchev–Trinajstić information content (AvgIpc) is 3.13. The maximum Gasteiger partial charge on any atom is 0.269 e. The summed E-state index contributed by atoms with van der Waals surface area (Å²) in [6.45, 7) is -0.275. The summed E-state index contributed by atoms with van der Waals surface area (Å²) in [5, 5.41) is 44.5. The van der Waals surface area contributed by atoms with Crippen molar-refractivity contribution in [2.75, 3.05) is 0 Å². The van der Waals surface area contributed by atoms with Crippen LogP contribution in [0.5, 0.6) is 0 Å². The molecule has 6 atom stereocenters. The Hall–Kier alpha value is -4.33. The summed E-state index contributed by atoms with van der Waals surface area (Å²) in [6, 6.07) is 30.5. The topological polar surface area (TPSA) is 162 Å². The summed E-state index contributed by atoms with van der Waals surface area (Å²) < 4.78 is 27.2. The lowest BCUT2D eigenvalue weighted by molar-refractivity contribution is -0.385. The molecule has 12 heteroatoms. The number of hydrogen-bond donors (Lipinski definition) is 2. The van der Waals surface area contributed by atoms with E-state index in [9.17, 15) is 34.7 Å². The average molecular weight is 647 g/mol. The number of rotatable bonds is 12. The minimum atomic E-state index is -1.76. The van der Waals surface area contributed by atoms with Crippen molar-refractivity contribution in [3.8, 4) is 0 Å². The van der Waals surface area contributed by atoms with Gasteiger partial charge >= 0.3 is 0 Å². The number of hydrogen-bond acceptors (Lipinski definition) is 9. The summed E-state index contributed by atoms with van der Waals surface area (Å²) in [5.74, 6) is 0. The van der Waals surface area contributed by atoms with Crippen molar-refractivity contribution < 1.29 is 33.7 Å². The largest absolute Gasteiger partial charge is 0.388 e. The van der Waals surface area contributed by atoms with Gasteiger partial charge in [-0.1, -0.05) is 84.9 Å². The molecule has 46 heavy (non-hydrogen) atoms. The number of ether oxygens (including phenoxy) is 2. The molecule has 0 amide bonds. The van der Waals surface area contributed by atoms with Crippen LogP contribution in [0.1, 0.15) is 22.3 Å². The lowest BCUT2D eigenvalue weighted by atomic mass is 9.94. The van der Waals surface area contributed by atoms with E-state index in [1.807, 2.05) is 60.7 Å². The summed E-state index contributed by atoms with van der Waals surface area (Å²) in [5.41, 5.74) is 2.41. The zero-order chi connectivity index (χ0) is 32.6. The minimum absolute atomic E-state index is 0.121. The van der Waals surface area contributed by atoms with Gasteiger partial charge < -0.3 is 19.7 Å². The fourth-order valence-electron chi connectivity index (χ4n) is 5.72. The van der Waals surface area contributed by atoms with Crippen molar-refractivity contribution in [2.24, 2.45) is 0 Å². The van der Waals surface area contributed by atoms with E-state index in [4.69, 9.17) is 9.47 Å². The molecule has 1 heterocycles. The van der Waals surface area contributed by atoms with E-state index in [0.29, 0.717) is 11.1 Å². The summed E-state index contributed by atoms with van der Waals surface area (Å²) in [7, 11) is -1.76. The zero-order valence-electron chi connectivity index (χ0n) is 24.7. The molecular formula is C34H34N2O9S. The molecule has 5 rings (SSSR count). The van der Waals surface area contributed by atoms with Crippen molar-refractivity contribution in [2.45, 2.75) is 61.0 Å². The summed E-state index contributed by atoms with van der Waals surface area (Å²) >= 11 is 0. The molecule has 1 fully saturated rings. The Morgan fingerprint density at radius 3 is 1.33 bits per heavy atom. The predicted octanol–water partition coefficient (Wildman–Crippen LogP) is 4.68. The van der Waals surface area contributed by atoms with Crippen LogP contribution < -0.4 is 0 Å². The molecule has 240 valence electrons. The highest BCUT2D eigenvalue weighted by molar-refractivity contribution is 7.86. The number of nitrogens with zero attached hydrogens (tertiary/aromatic N) is 2. The van der Waals surface area contributed by atoms with Crippen molar-refractivity contribution in [3.05, 3.63) is 152 Å². The van der Waals surface area contributed by atoms with Gasteiger partial charge in [-0.15, -0.1) is 0 Å². The number of nitro groups is 2. The fourth-order valence-corrected chi connectivity index (χ4v) is 7.89. The third kappa shape index (κ3) is 8.08. The third-order valence-corrected chi connectivity index (χ3v) is 10.1. The van der Waals surface area contributed by atoms with Crippen molar-refractivity contribution in [3.63, 3.8) is 0 Å². The Morgan fingerprint density at radius 1 is 0.587 bits per heavy atom. The van der Waals surface area contributed by atoms with Crippen LogP contribution in [0, 0.1) is 20.2 Å². The molecule has 1 aliphatic heterocycles. The number of aliphatic hydroxyl groups is 2. The van der Waals surface area contributed by atoms with E-state index in [2.05, 4.69) is 0 Å². The maximum absolute atomic E-state index is 14.7. The quantitative estimate of drug-likeness (QED) is 0.164. The predicted molar refractivity (Wildman–Crippen MR) is 171 cm³/mol. The highest BCUT2D eigenvalue weighted by Crippen LogP contribution is 2.33. The van der Waals surface area contributed by atoms with Crippen LogP contribution in [0.4, 0.5) is 11.4 Å². The van der Waals surface area contributed by atoms with Crippen molar-refractivity contribution in [1.82, 2.24) is 0 Å². The number of non-ortho nitro benzene ring substituents is 2. The molecule has 0 radical (unpaired) electrons. The molecular weight excluding hydrogens is 612 g/mol. The second kappa shape index (κ2) is 15.3. The van der Waals surface area contributed by atoms with E-state index in [0.717, 1.165) is 11.1 Å². The maximum atomic E-state index is 14.7. The van der Waals surface area contributed by atoms with Crippen LogP contribution in [0.15, 0.2) is 109 Å². The molecule has 0 unspecified atom stereocenters. The van der Waals surface area contributed by atoms with Gasteiger partial charge in [0.25, 0.3) is 11.4 Å². The van der Waals surface area contributed by atoms with Gasteiger partial charge in [0.1, 0.15) is 24.4 Å². The van der Waals surface area contributed by atoms with E-state index >= 15 is 0 Å². The molecule has 0 aromatic heterocycles. The Labute approximate surface area is 268 Å². The molecule has 0 saturated carbocycles. The molecule has 1 saturated heterocycles. The van der Waals surface area contributed by atoms with Gasteiger partial charge in [-0.05, 0) is 35.1 Å². The summed E-state index contributed by atoms with van der Waals surface area (Å²) in [6.07, 6.45) is -4.88. The van der Waals surface area contributed by atoms with Crippen LogP contribution in [-0.2, 0) is 46.3 Å². The zero-order valence-corrected chi connectivity index (χ0v) is 25.6. The smallest absolute Gasteiger partial charge is 0.269 e. The highest BCUT2D eigenvalue weighted by Gasteiger charge is 2.50. The minimum Gasteiger partial charge on any atom is -0.388 e. The molecule has 0 spiro atoms. The van der Waals surface area contributed by atoms with Crippen LogP contribution >= 0.6 is 0 Å². The molecule has 0 aliphatic carbocycles. The van der Waals surface area contributed by atoms with Gasteiger partial charge in [0.2, 0.25) is 0 Å². The van der Waals surface area contributed by atoms with Gasteiger partial charge in [0.05, 0.1) is 33.6 Å². The van der Waals surface area contributed by atoms with E-state index in [1.165, 1.54) is 36.4 Å². The Bertz CT molecular complexity index is 1540. The lowest BCUT2D eigenvalue weighted by Crippen LogP contribution is -2.49. The molecule has 4 aromatic carbocycles. The SMILES string of the molecule is O=[N+]([O-])c1cccc(CO[C@@H]2[C@H](O)[C@@H](O)[C@@H](OCc3cccc([N+](=O)[O-])c3)[C@@H](Cc3ccccc3)S(=O)[C@@H]2Cc2ccccc2)c1. The number of aliphatic hydroxyl groups excluding tert-OH is 2.